The number of aryl methyl sites for hydroxylation is 1. The molecule has 1 aliphatic heterocycles. The number of ether oxygens (including phenoxy) is 1. The van der Waals surface area contributed by atoms with Crippen molar-refractivity contribution in [2.24, 2.45) is 0 Å². The molecular formula is C13H15N3O3. The third-order valence-corrected chi connectivity index (χ3v) is 2.99. The van der Waals surface area contributed by atoms with Crippen LogP contribution < -0.4 is 4.90 Å². The number of carboxylic acid groups (broad SMARTS) is 1. The highest BCUT2D eigenvalue weighted by Crippen LogP contribution is 2.29. The summed E-state index contributed by atoms with van der Waals surface area (Å²) < 4.78 is 5.33. The number of carboxylic acids is 1. The number of nitriles is 1. The summed E-state index contributed by atoms with van der Waals surface area (Å²) in [5.41, 5.74) is 0.896. The van der Waals surface area contributed by atoms with Crippen LogP contribution in [0.4, 0.5) is 5.82 Å². The normalized spacial score (nSPS) is 16.6. The van der Waals surface area contributed by atoms with Crippen molar-refractivity contribution < 1.29 is 14.6 Å². The van der Waals surface area contributed by atoms with Crippen LogP contribution in [0.15, 0.2) is 12.1 Å². The van der Waals surface area contributed by atoms with Gasteiger partial charge < -0.3 is 14.7 Å². The van der Waals surface area contributed by atoms with Crippen LogP contribution in [0.5, 0.6) is 0 Å². The molecule has 1 aromatic rings. The second-order valence-electron chi connectivity index (χ2n) is 4.96. The minimum Gasteiger partial charge on any atom is -0.480 e. The second-order valence-corrected chi connectivity index (χ2v) is 4.96. The third-order valence-electron chi connectivity index (χ3n) is 2.99. The van der Waals surface area contributed by atoms with Crippen molar-refractivity contribution in [3.05, 3.63) is 23.4 Å². The van der Waals surface area contributed by atoms with E-state index in [2.05, 4.69) is 11.1 Å². The van der Waals surface area contributed by atoms with E-state index in [0.717, 1.165) is 11.5 Å². The topological polar surface area (TPSA) is 86.5 Å². The Hall–Kier alpha value is -2.13. The standard InChI is InChI=1S/C13H15N3O3/c1-9-3-10(5-14)4-11(15-9)16-7-13(2,8-16)19-6-12(17)18/h3-4H,6-8H2,1-2H3,(H,17,18). The molecular weight excluding hydrogens is 246 g/mol. The lowest BCUT2D eigenvalue weighted by Gasteiger charge is -2.48. The summed E-state index contributed by atoms with van der Waals surface area (Å²) in [6.07, 6.45) is 0. The van der Waals surface area contributed by atoms with Gasteiger partial charge in [0.15, 0.2) is 0 Å². The number of aliphatic carboxylic acids is 1. The molecule has 0 spiro atoms. The van der Waals surface area contributed by atoms with Gasteiger partial charge in [-0.15, -0.1) is 0 Å². The zero-order valence-electron chi connectivity index (χ0n) is 10.9. The Balaban J connectivity index is 2.02. The Morgan fingerprint density at radius 2 is 2.32 bits per heavy atom. The van der Waals surface area contributed by atoms with Gasteiger partial charge in [0.1, 0.15) is 18.0 Å². The first kappa shape index (κ1) is 13.3. The maximum absolute atomic E-state index is 10.5. The van der Waals surface area contributed by atoms with Crippen molar-refractivity contribution in [3.63, 3.8) is 0 Å². The van der Waals surface area contributed by atoms with Gasteiger partial charge in [-0.05, 0) is 26.0 Å². The highest BCUT2D eigenvalue weighted by atomic mass is 16.5. The van der Waals surface area contributed by atoms with Gasteiger partial charge in [-0.3, -0.25) is 0 Å². The van der Waals surface area contributed by atoms with E-state index in [1.807, 2.05) is 18.7 Å². The average Bonchev–Trinajstić information content (AvgIpc) is 2.32. The van der Waals surface area contributed by atoms with Gasteiger partial charge in [0.2, 0.25) is 0 Å². The summed E-state index contributed by atoms with van der Waals surface area (Å²) in [5.74, 6) is -0.243. The van der Waals surface area contributed by atoms with Gasteiger partial charge in [-0.25, -0.2) is 9.78 Å². The minimum atomic E-state index is -0.972. The van der Waals surface area contributed by atoms with Crippen LogP contribution in [0.1, 0.15) is 18.2 Å². The molecule has 1 aromatic heterocycles. The number of pyridine rings is 1. The van der Waals surface area contributed by atoms with Crippen molar-refractivity contribution in [3.8, 4) is 6.07 Å². The molecule has 2 rings (SSSR count). The number of carbonyl (C=O) groups is 1. The number of hydrogen-bond acceptors (Lipinski definition) is 5. The van der Waals surface area contributed by atoms with Crippen LogP contribution in [-0.4, -0.2) is 41.4 Å². The first-order valence-electron chi connectivity index (χ1n) is 5.91. The molecule has 1 aliphatic rings. The number of aromatic nitrogens is 1. The largest absolute Gasteiger partial charge is 0.480 e. The van der Waals surface area contributed by atoms with E-state index in [0.29, 0.717) is 18.7 Å². The predicted octanol–water partition coefficient (Wildman–Crippen LogP) is 0.942. The Morgan fingerprint density at radius 1 is 1.63 bits per heavy atom. The smallest absolute Gasteiger partial charge is 0.329 e. The fourth-order valence-electron chi connectivity index (χ4n) is 2.13. The van der Waals surface area contributed by atoms with E-state index in [-0.39, 0.29) is 6.61 Å². The molecule has 0 amide bonds. The molecule has 0 aliphatic carbocycles. The first-order valence-corrected chi connectivity index (χ1v) is 5.91. The number of anilines is 1. The van der Waals surface area contributed by atoms with E-state index >= 15 is 0 Å². The summed E-state index contributed by atoms with van der Waals surface area (Å²) in [7, 11) is 0. The van der Waals surface area contributed by atoms with Gasteiger partial charge in [0.05, 0.1) is 11.6 Å². The minimum absolute atomic E-state index is 0.297. The zero-order valence-corrected chi connectivity index (χ0v) is 10.9. The van der Waals surface area contributed by atoms with Crippen LogP contribution in [0.25, 0.3) is 0 Å². The van der Waals surface area contributed by atoms with Gasteiger partial charge in [0.25, 0.3) is 0 Å². The molecule has 2 heterocycles. The van der Waals surface area contributed by atoms with E-state index in [1.54, 1.807) is 12.1 Å². The van der Waals surface area contributed by atoms with Gasteiger partial charge >= 0.3 is 5.97 Å². The van der Waals surface area contributed by atoms with Crippen LogP contribution in [0.2, 0.25) is 0 Å². The zero-order chi connectivity index (χ0) is 14.0. The second kappa shape index (κ2) is 4.86. The fraction of sp³-hybridized carbons (Fsp3) is 0.462. The number of hydrogen-bond donors (Lipinski definition) is 1. The lowest BCUT2D eigenvalue weighted by Crippen LogP contribution is -2.62. The summed E-state index contributed by atoms with van der Waals surface area (Å²) in [5, 5.41) is 17.5. The quantitative estimate of drug-likeness (QED) is 0.868. The Labute approximate surface area is 111 Å². The predicted molar refractivity (Wildman–Crippen MR) is 67.9 cm³/mol. The Morgan fingerprint density at radius 3 is 2.89 bits per heavy atom. The molecule has 1 fully saturated rings. The molecule has 6 nitrogen and oxygen atoms in total. The maximum Gasteiger partial charge on any atom is 0.329 e. The van der Waals surface area contributed by atoms with Gasteiger partial charge in [-0.2, -0.15) is 5.26 Å². The van der Waals surface area contributed by atoms with Crippen LogP contribution in [-0.2, 0) is 9.53 Å². The van der Waals surface area contributed by atoms with Crippen molar-refractivity contribution in [1.82, 2.24) is 4.98 Å². The SMILES string of the molecule is Cc1cc(C#N)cc(N2CC(C)(OCC(=O)O)C2)n1. The Kier molecular flexibility index (Phi) is 3.40. The molecule has 1 saturated heterocycles. The van der Waals surface area contributed by atoms with Crippen molar-refractivity contribution in [2.45, 2.75) is 19.4 Å². The summed E-state index contributed by atoms with van der Waals surface area (Å²) in [6.45, 7) is 4.55. The van der Waals surface area contributed by atoms with Crippen LogP contribution in [0, 0.1) is 18.3 Å². The highest BCUT2D eigenvalue weighted by molar-refractivity contribution is 5.68. The molecule has 0 saturated carbocycles. The van der Waals surface area contributed by atoms with E-state index in [4.69, 9.17) is 15.1 Å². The first-order chi connectivity index (χ1) is 8.92. The molecule has 19 heavy (non-hydrogen) atoms. The third kappa shape index (κ3) is 3.01. The number of rotatable bonds is 4. The molecule has 0 radical (unpaired) electrons. The lowest BCUT2D eigenvalue weighted by molar-refractivity contribution is -0.150. The summed E-state index contributed by atoms with van der Waals surface area (Å²) in [6, 6.07) is 5.55. The molecule has 100 valence electrons. The van der Waals surface area contributed by atoms with E-state index in [1.165, 1.54) is 0 Å². The molecule has 0 unspecified atom stereocenters. The van der Waals surface area contributed by atoms with Crippen molar-refractivity contribution >= 4 is 11.8 Å². The average molecular weight is 261 g/mol. The van der Waals surface area contributed by atoms with Gasteiger partial charge in [-0.1, -0.05) is 0 Å². The summed E-state index contributed by atoms with van der Waals surface area (Å²) in [4.78, 5) is 16.8. The fourth-order valence-corrected chi connectivity index (χ4v) is 2.13. The van der Waals surface area contributed by atoms with Crippen molar-refractivity contribution in [1.29, 1.82) is 5.26 Å². The lowest BCUT2D eigenvalue weighted by atomic mass is 9.96. The molecule has 0 bridgehead atoms. The van der Waals surface area contributed by atoms with Crippen LogP contribution in [0.3, 0.4) is 0 Å². The maximum atomic E-state index is 10.5. The molecule has 0 atom stereocenters. The number of nitrogens with zero attached hydrogens (tertiary/aromatic N) is 3. The van der Waals surface area contributed by atoms with Crippen molar-refractivity contribution in [2.75, 3.05) is 24.6 Å². The molecule has 1 N–H and O–H groups in total. The molecule has 6 heteroatoms. The summed E-state index contributed by atoms with van der Waals surface area (Å²) >= 11 is 0. The highest BCUT2D eigenvalue weighted by Gasteiger charge is 2.41. The van der Waals surface area contributed by atoms with E-state index < -0.39 is 11.6 Å². The Bertz CT molecular complexity index is 545. The van der Waals surface area contributed by atoms with E-state index in [9.17, 15) is 4.79 Å². The monoisotopic (exact) mass is 261 g/mol. The van der Waals surface area contributed by atoms with Crippen LogP contribution >= 0.6 is 0 Å². The van der Waals surface area contributed by atoms with Gasteiger partial charge in [0, 0.05) is 18.8 Å². The molecule has 0 aromatic carbocycles.